The zero-order valence-electron chi connectivity index (χ0n) is 12.0. The largest absolute Gasteiger partial charge is 0.489 e. The average Bonchev–Trinajstić information content (AvgIpc) is 2.45. The zero-order valence-corrected chi connectivity index (χ0v) is 12.8. The van der Waals surface area contributed by atoms with E-state index in [2.05, 4.69) is 37.4 Å². The maximum Gasteiger partial charge on any atom is 0.124 e. The first-order valence-electron chi connectivity index (χ1n) is 6.73. The Hall–Kier alpha value is -1.51. The van der Waals surface area contributed by atoms with E-state index in [0.29, 0.717) is 12.6 Å². The van der Waals surface area contributed by atoms with Gasteiger partial charge in [0, 0.05) is 18.2 Å². The molecular formula is C17H22ClNO. The van der Waals surface area contributed by atoms with E-state index in [-0.39, 0.29) is 12.4 Å². The van der Waals surface area contributed by atoms with Crippen LogP contribution in [-0.2, 0) is 13.2 Å². The summed E-state index contributed by atoms with van der Waals surface area (Å²) in [7, 11) is 0. The number of halogens is 1. The number of hydrogen-bond acceptors (Lipinski definition) is 2. The first-order valence-corrected chi connectivity index (χ1v) is 6.73. The molecule has 0 atom stereocenters. The van der Waals surface area contributed by atoms with Crippen LogP contribution in [-0.4, -0.2) is 6.04 Å². The molecule has 2 nitrogen and oxygen atoms in total. The van der Waals surface area contributed by atoms with Gasteiger partial charge in [0.2, 0.25) is 0 Å². The smallest absolute Gasteiger partial charge is 0.124 e. The minimum absolute atomic E-state index is 0. The van der Waals surface area contributed by atoms with E-state index in [1.807, 2.05) is 36.4 Å². The minimum atomic E-state index is 0. The second-order valence-electron chi connectivity index (χ2n) is 4.92. The van der Waals surface area contributed by atoms with Crippen LogP contribution in [0, 0.1) is 0 Å². The summed E-state index contributed by atoms with van der Waals surface area (Å²) in [5, 5.41) is 3.42. The van der Waals surface area contributed by atoms with Crippen molar-refractivity contribution in [3.8, 4) is 5.75 Å². The fraction of sp³-hybridized carbons (Fsp3) is 0.294. The summed E-state index contributed by atoms with van der Waals surface area (Å²) in [5.41, 5.74) is 2.39. The fourth-order valence-corrected chi connectivity index (χ4v) is 1.84. The summed E-state index contributed by atoms with van der Waals surface area (Å²) in [6, 6.07) is 18.9. The molecule has 0 saturated carbocycles. The lowest BCUT2D eigenvalue weighted by Gasteiger charge is -2.13. The highest BCUT2D eigenvalue weighted by atomic mass is 35.5. The third-order valence-electron chi connectivity index (χ3n) is 2.91. The highest BCUT2D eigenvalue weighted by Crippen LogP contribution is 2.19. The van der Waals surface area contributed by atoms with Crippen molar-refractivity contribution in [2.24, 2.45) is 0 Å². The SMILES string of the molecule is CC(C)NCc1ccccc1OCc1ccccc1.Cl. The van der Waals surface area contributed by atoms with Gasteiger partial charge in [-0.2, -0.15) is 0 Å². The van der Waals surface area contributed by atoms with Crippen LogP contribution in [0.5, 0.6) is 5.75 Å². The molecule has 0 aliphatic heterocycles. The molecule has 0 aliphatic carbocycles. The van der Waals surface area contributed by atoms with Gasteiger partial charge in [0.15, 0.2) is 0 Å². The molecule has 0 bridgehead atoms. The van der Waals surface area contributed by atoms with E-state index < -0.39 is 0 Å². The van der Waals surface area contributed by atoms with Crippen molar-refractivity contribution in [3.63, 3.8) is 0 Å². The third-order valence-corrected chi connectivity index (χ3v) is 2.91. The van der Waals surface area contributed by atoms with Crippen molar-refractivity contribution in [3.05, 3.63) is 65.7 Å². The Labute approximate surface area is 127 Å². The molecule has 0 saturated heterocycles. The van der Waals surface area contributed by atoms with Crippen molar-refractivity contribution >= 4 is 12.4 Å². The summed E-state index contributed by atoms with van der Waals surface area (Å²) in [6.45, 7) is 5.74. The van der Waals surface area contributed by atoms with Gasteiger partial charge in [0.1, 0.15) is 12.4 Å². The first kappa shape index (κ1) is 16.5. The number of ether oxygens (including phenoxy) is 1. The Bertz CT molecular complexity index is 499. The predicted octanol–water partition coefficient (Wildman–Crippen LogP) is 4.19. The lowest BCUT2D eigenvalue weighted by atomic mass is 10.2. The van der Waals surface area contributed by atoms with Crippen LogP contribution in [0.15, 0.2) is 54.6 Å². The Balaban J connectivity index is 0.00000200. The van der Waals surface area contributed by atoms with E-state index in [9.17, 15) is 0 Å². The van der Waals surface area contributed by atoms with Gasteiger partial charge in [0.25, 0.3) is 0 Å². The molecule has 0 radical (unpaired) electrons. The molecule has 0 fully saturated rings. The van der Waals surface area contributed by atoms with Crippen molar-refractivity contribution in [1.82, 2.24) is 5.32 Å². The van der Waals surface area contributed by atoms with Gasteiger partial charge in [-0.1, -0.05) is 62.4 Å². The molecule has 0 amide bonds. The lowest BCUT2D eigenvalue weighted by Crippen LogP contribution is -2.22. The molecule has 20 heavy (non-hydrogen) atoms. The highest BCUT2D eigenvalue weighted by Gasteiger charge is 2.03. The van der Waals surface area contributed by atoms with Gasteiger partial charge >= 0.3 is 0 Å². The summed E-state index contributed by atoms with van der Waals surface area (Å²) >= 11 is 0. The Kier molecular flexibility index (Phi) is 7.13. The van der Waals surface area contributed by atoms with Crippen molar-refractivity contribution in [2.75, 3.05) is 0 Å². The number of nitrogens with one attached hydrogen (secondary N) is 1. The van der Waals surface area contributed by atoms with Crippen molar-refractivity contribution in [2.45, 2.75) is 33.0 Å². The fourth-order valence-electron chi connectivity index (χ4n) is 1.84. The van der Waals surface area contributed by atoms with Crippen LogP contribution in [0.3, 0.4) is 0 Å². The molecule has 3 heteroatoms. The summed E-state index contributed by atoms with van der Waals surface area (Å²) < 4.78 is 5.92. The van der Waals surface area contributed by atoms with Crippen LogP contribution in [0.2, 0.25) is 0 Å². The number of para-hydroxylation sites is 1. The second-order valence-corrected chi connectivity index (χ2v) is 4.92. The molecule has 0 unspecified atom stereocenters. The lowest BCUT2D eigenvalue weighted by molar-refractivity contribution is 0.302. The maximum atomic E-state index is 5.92. The first-order chi connectivity index (χ1) is 9.25. The highest BCUT2D eigenvalue weighted by molar-refractivity contribution is 5.85. The van der Waals surface area contributed by atoms with Gasteiger partial charge in [0.05, 0.1) is 0 Å². The molecule has 0 aliphatic rings. The van der Waals surface area contributed by atoms with Crippen molar-refractivity contribution < 1.29 is 4.74 Å². The van der Waals surface area contributed by atoms with E-state index in [0.717, 1.165) is 12.3 Å². The van der Waals surface area contributed by atoms with E-state index in [4.69, 9.17) is 4.74 Å². The Morgan fingerprint density at radius 2 is 1.60 bits per heavy atom. The zero-order chi connectivity index (χ0) is 13.5. The molecular weight excluding hydrogens is 270 g/mol. The minimum Gasteiger partial charge on any atom is -0.489 e. The van der Waals surface area contributed by atoms with E-state index in [1.54, 1.807) is 0 Å². The second kappa shape index (κ2) is 8.62. The van der Waals surface area contributed by atoms with E-state index >= 15 is 0 Å². The van der Waals surface area contributed by atoms with Crippen LogP contribution >= 0.6 is 12.4 Å². The summed E-state index contributed by atoms with van der Waals surface area (Å²) in [5.74, 6) is 0.958. The quantitative estimate of drug-likeness (QED) is 0.862. The van der Waals surface area contributed by atoms with Gasteiger partial charge in [-0.05, 0) is 11.6 Å². The number of hydrogen-bond donors (Lipinski definition) is 1. The van der Waals surface area contributed by atoms with Crippen LogP contribution in [0.1, 0.15) is 25.0 Å². The topological polar surface area (TPSA) is 21.3 Å². The predicted molar refractivity (Wildman–Crippen MR) is 86.4 cm³/mol. The van der Waals surface area contributed by atoms with Gasteiger partial charge < -0.3 is 10.1 Å². The monoisotopic (exact) mass is 291 g/mol. The molecule has 2 rings (SSSR count). The number of benzene rings is 2. The molecule has 2 aromatic rings. The third kappa shape index (κ3) is 5.24. The standard InChI is InChI=1S/C17H21NO.ClH/c1-14(2)18-12-16-10-6-7-11-17(16)19-13-15-8-4-3-5-9-15;/h3-11,14,18H,12-13H2,1-2H3;1H. The van der Waals surface area contributed by atoms with Crippen molar-refractivity contribution in [1.29, 1.82) is 0 Å². The Morgan fingerprint density at radius 1 is 0.950 bits per heavy atom. The normalized spacial score (nSPS) is 10.2. The van der Waals surface area contributed by atoms with Crippen LogP contribution in [0.4, 0.5) is 0 Å². The molecule has 0 heterocycles. The molecule has 108 valence electrons. The van der Waals surface area contributed by atoms with Gasteiger partial charge in [-0.25, -0.2) is 0 Å². The number of rotatable bonds is 6. The van der Waals surface area contributed by atoms with Gasteiger partial charge in [-0.3, -0.25) is 0 Å². The molecule has 0 aromatic heterocycles. The van der Waals surface area contributed by atoms with Crippen LogP contribution < -0.4 is 10.1 Å². The average molecular weight is 292 g/mol. The van der Waals surface area contributed by atoms with Crippen LogP contribution in [0.25, 0.3) is 0 Å². The van der Waals surface area contributed by atoms with E-state index in [1.165, 1.54) is 11.1 Å². The molecule has 1 N–H and O–H groups in total. The molecule has 2 aromatic carbocycles. The Morgan fingerprint density at radius 3 is 2.30 bits per heavy atom. The maximum absolute atomic E-state index is 5.92. The summed E-state index contributed by atoms with van der Waals surface area (Å²) in [4.78, 5) is 0. The molecule has 0 spiro atoms. The summed E-state index contributed by atoms with van der Waals surface area (Å²) in [6.07, 6.45) is 0. The van der Waals surface area contributed by atoms with Gasteiger partial charge in [-0.15, -0.1) is 12.4 Å².